The summed E-state index contributed by atoms with van der Waals surface area (Å²) in [5.74, 6) is -0.438. The van der Waals surface area contributed by atoms with Crippen molar-refractivity contribution in [2.24, 2.45) is 0 Å². The Bertz CT molecular complexity index is 990. The third-order valence-corrected chi connectivity index (χ3v) is 8.83. The van der Waals surface area contributed by atoms with Gasteiger partial charge >= 0.3 is 11.9 Å². The molecule has 258 valence electrons. The van der Waals surface area contributed by atoms with Crippen molar-refractivity contribution in [2.75, 3.05) is 0 Å². The highest BCUT2D eigenvalue weighted by molar-refractivity contribution is 5.72. The van der Waals surface area contributed by atoms with Crippen LogP contribution in [0, 0.1) is 0 Å². The van der Waals surface area contributed by atoms with Crippen molar-refractivity contribution in [1.82, 2.24) is 0 Å². The molecule has 46 heavy (non-hydrogen) atoms. The second-order valence-corrected chi connectivity index (χ2v) is 13.1. The number of phenolic OH excluding ortho intramolecular Hbond substituents is 1. The molecule has 0 saturated carbocycles. The van der Waals surface area contributed by atoms with Crippen LogP contribution >= 0.6 is 0 Å². The van der Waals surface area contributed by atoms with Crippen molar-refractivity contribution in [3.8, 4) is 16.9 Å². The molecule has 0 aliphatic rings. The van der Waals surface area contributed by atoms with Crippen molar-refractivity contribution < 1.29 is 24.2 Å². The number of rotatable bonds is 28. The fraction of sp³-hybridized carbons (Fsp3) is 0.659. The topological polar surface area (TPSA) is 72.8 Å². The van der Waals surface area contributed by atoms with Gasteiger partial charge in [0.15, 0.2) is 0 Å². The number of benzene rings is 2. The van der Waals surface area contributed by atoms with Crippen LogP contribution in [0.15, 0.2) is 48.5 Å². The van der Waals surface area contributed by atoms with E-state index in [1.165, 1.54) is 103 Å². The summed E-state index contributed by atoms with van der Waals surface area (Å²) in [5.41, 5.74) is 2.56. The van der Waals surface area contributed by atoms with Crippen LogP contribution in [0.3, 0.4) is 0 Å². The van der Waals surface area contributed by atoms with Crippen molar-refractivity contribution >= 4 is 11.9 Å². The van der Waals surface area contributed by atoms with E-state index >= 15 is 0 Å². The highest BCUT2D eigenvalue weighted by Gasteiger charge is 2.21. The third kappa shape index (κ3) is 19.0. The largest absolute Gasteiger partial charge is 0.508 e. The number of aromatic hydroxyl groups is 1. The molecule has 2 rings (SSSR count). The summed E-state index contributed by atoms with van der Waals surface area (Å²) in [7, 11) is 0. The highest BCUT2D eigenvalue weighted by Crippen LogP contribution is 2.27. The molecule has 0 amide bonds. The molecule has 0 unspecified atom stereocenters. The van der Waals surface area contributed by atoms with Crippen LogP contribution in [0.25, 0.3) is 11.1 Å². The number of phenols is 1. The summed E-state index contributed by atoms with van der Waals surface area (Å²) < 4.78 is 11.5. The highest BCUT2D eigenvalue weighted by atomic mass is 16.7. The second kappa shape index (κ2) is 26.3. The first-order chi connectivity index (χ1) is 22.5. The Hall–Kier alpha value is -2.82. The van der Waals surface area contributed by atoms with Crippen LogP contribution < -0.4 is 0 Å². The van der Waals surface area contributed by atoms with Crippen molar-refractivity contribution in [3.63, 3.8) is 0 Å². The third-order valence-electron chi connectivity index (χ3n) is 8.83. The van der Waals surface area contributed by atoms with Gasteiger partial charge in [-0.05, 0) is 36.1 Å². The maximum atomic E-state index is 12.8. The lowest BCUT2D eigenvalue weighted by Crippen LogP contribution is -2.18. The molecule has 0 heterocycles. The lowest BCUT2D eigenvalue weighted by molar-refractivity contribution is -0.190. The molecular formula is C41H64O5. The van der Waals surface area contributed by atoms with E-state index in [2.05, 4.69) is 13.8 Å². The van der Waals surface area contributed by atoms with Gasteiger partial charge in [0.25, 0.3) is 6.29 Å². The Morgan fingerprint density at radius 1 is 0.478 bits per heavy atom. The molecule has 0 aliphatic carbocycles. The molecule has 0 spiro atoms. The van der Waals surface area contributed by atoms with E-state index < -0.39 is 6.29 Å². The van der Waals surface area contributed by atoms with E-state index in [4.69, 9.17) is 9.47 Å². The lowest BCUT2D eigenvalue weighted by Gasteiger charge is -2.19. The van der Waals surface area contributed by atoms with Gasteiger partial charge in [0, 0.05) is 18.4 Å². The van der Waals surface area contributed by atoms with Gasteiger partial charge in [-0.25, -0.2) is 0 Å². The quantitative estimate of drug-likeness (QED) is 0.0571. The van der Waals surface area contributed by atoms with E-state index in [9.17, 15) is 14.7 Å². The summed E-state index contributed by atoms with van der Waals surface area (Å²) in [6.07, 6.45) is 26.4. The van der Waals surface area contributed by atoms with Gasteiger partial charge in [0.2, 0.25) is 0 Å². The van der Waals surface area contributed by atoms with Gasteiger partial charge in [-0.3, -0.25) is 9.59 Å². The molecule has 0 aliphatic heterocycles. The van der Waals surface area contributed by atoms with Crippen LogP contribution in [0.4, 0.5) is 0 Å². The first kappa shape index (κ1) is 39.4. The standard InChI is InChI=1S/C41H64O5/c1-3-5-7-9-11-13-15-17-19-21-23-25-39(43)45-41(37-29-27-35(28-30-37)36-31-33-38(42)34-32-36)46-40(44)26-24-22-20-18-16-14-12-10-8-6-4-2/h27-34,41-42H,3-26H2,1-2H3. The summed E-state index contributed by atoms with van der Waals surface area (Å²) >= 11 is 0. The Balaban J connectivity index is 1.77. The molecular weight excluding hydrogens is 572 g/mol. The summed E-state index contributed by atoms with van der Waals surface area (Å²) in [6, 6.07) is 14.5. The van der Waals surface area contributed by atoms with E-state index in [0.29, 0.717) is 18.4 Å². The van der Waals surface area contributed by atoms with Gasteiger partial charge < -0.3 is 14.6 Å². The van der Waals surface area contributed by atoms with Crippen molar-refractivity contribution in [3.05, 3.63) is 54.1 Å². The molecule has 0 bridgehead atoms. The number of carbonyl (C=O) groups is 2. The SMILES string of the molecule is CCCCCCCCCCCCCC(=O)OC(OC(=O)CCCCCCCCCCCCC)c1ccc(-c2ccc(O)cc2)cc1. The summed E-state index contributed by atoms with van der Waals surface area (Å²) in [4.78, 5) is 25.6. The Morgan fingerprint density at radius 3 is 1.13 bits per heavy atom. The van der Waals surface area contributed by atoms with Crippen LogP contribution in [-0.2, 0) is 19.1 Å². The Morgan fingerprint density at radius 2 is 0.783 bits per heavy atom. The van der Waals surface area contributed by atoms with Crippen LogP contribution in [0.1, 0.15) is 180 Å². The second-order valence-electron chi connectivity index (χ2n) is 13.1. The molecule has 5 nitrogen and oxygen atoms in total. The Kier molecular flexibility index (Phi) is 22.5. The van der Waals surface area contributed by atoms with E-state index in [1.54, 1.807) is 12.1 Å². The summed E-state index contributed by atoms with van der Waals surface area (Å²) in [6.45, 7) is 4.50. The van der Waals surface area contributed by atoms with E-state index in [-0.39, 0.29) is 17.7 Å². The number of hydrogen-bond donors (Lipinski definition) is 1. The van der Waals surface area contributed by atoms with E-state index in [0.717, 1.165) is 49.7 Å². The molecule has 0 saturated heterocycles. The fourth-order valence-electron chi connectivity index (χ4n) is 5.87. The zero-order chi connectivity index (χ0) is 33.1. The van der Waals surface area contributed by atoms with Gasteiger partial charge in [-0.2, -0.15) is 0 Å². The predicted octanol–water partition coefficient (Wildman–Crippen LogP) is 12.5. The lowest BCUT2D eigenvalue weighted by atomic mass is 10.0. The maximum Gasteiger partial charge on any atom is 0.309 e. The number of unbranched alkanes of at least 4 members (excludes halogenated alkanes) is 20. The van der Waals surface area contributed by atoms with Gasteiger partial charge in [-0.15, -0.1) is 0 Å². The molecule has 0 atom stereocenters. The molecule has 0 radical (unpaired) electrons. The maximum absolute atomic E-state index is 12.8. The first-order valence-electron chi connectivity index (χ1n) is 18.8. The van der Waals surface area contributed by atoms with Gasteiger partial charge in [0.05, 0.1) is 0 Å². The predicted molar refractivity (Wildman–Crippen MR) is 191 cm³/mol. The minimum Gasteiger partial charge on any atom is -0.508 e. The van der Waals surface area contributed by atoms with Crippen molar-refractivity contribution in [1.29, 1.82) is 0 Å². The number of hydrogen-bond acceptors (Lipinski definition) is 5. The van der Waals surface area contributed by atoms with Crippen LogP contribution in [0.2, 0.25) is 0 Å². The average molecular weight is 637 g/mol. The Labute approximate surface area is 280 Å². The molecule has 5 heteroatoms. The van der Waals surface area contributed by atoms with Crippen molar-refractivity contribution in [2.45, 2.75) is 174 Å². The van der Waals surface area contributed by atoms with Crippen LogP contribution in [0.5, 0.6) is 5.75 Å². The van der Waals surface area contributed by atoms with Gasteiger partial charge in [-0.1, -0.05) is 179 Å². The zero-order valence-electron chi connectivity index (χ0n) is 29.2. The summed E-state index contributed by atoms with van der Waals surface area (Å²) in [5, 5.41) is 9.61. The minimum absolute atomic E-state index is 0.217. The van der Waals surface area contributed by atoms with Crippen LogP contribution in [-0.4, -0.2) is 17.0 Å². The molecule has 2 aromatic rings. The first-order valence-corrected chi connectivity index (χ1v) is 18.8. The fourth-order valence-corrected chi connectivity index (χ4v) is 5.87. The average Bonchev–Trinajstić information content (AvgIpc) is 3.06. The normalized spacial score (nSPS) is 11.2. The molecule has 0 fully saturated rings. The monoisotopic (exact) mass is 636 g/mol. The minimum atomic E-state index is -1.05. The van der Waals surface area contributed by atoms with Gasteiger partial charge in [0.1, 0.15) is 5.75 Å². The van der Waals surface area contributed by atoms with E-state index in [1.807, 2.05) is 36.4 Å². The smallest absolute Gasteiger partial charge is 0.309 e. The number of esters is 2. The molecule has 0 aromatic heterocycles. The number of carbonyl (C=O) groups excluding carboxylic acids is 2. The zero-order valence-corrected chi connectivity index (χ0v) is 29.2. The molecule has 1 N–H and O–H groups in total. The molecule has 2 aromatic carbocycles. The number of ether oxygens (including phenoxy) is 2.